The van der Waals surface area contributed by atoms with Crippen molar-refractivity contribution in [1.29, 1.82) is 0 Å². The molecule has 0 bridgehead atoms. The van der Waals surface area contributed by atoms with Crippen molar-refractivity contribution in [3.63, 3.8) is 0 Å². The van der Waals surface area contributed by atoms with Gasteiger partial charge in [-0.05, 0) is 18.2 Å². The number of amides is 2. The second-order valence-electron chi connectivity index (χ2n) is 5.94. The number of nitrogens with zero attached hydrogens (tertiary/aromatic N) is 1. The number of hydrogen-bond donors (Lipinski definition) is 1. The van der Waals surface area contributed by atoms with Crippen LogP contribution in [0.15, 0.2) is 18.2 Å². The van der Waals surface area contributed by atoms with Gasteiger partial charge in [-0.15, -0.1) is 0 Å². The van der Waals surface area contributed by atoms with Gasteiger partial charge < -0.3 is 15.0 Å². The van der Waals surface area contributed by atoms with E-state index in [4.69, 9.17) is 4.74 Å². The Kier molecular flexibility index (Phi) is 3.79. The molecular weight excluding hydrogens is 320 g/mol. The van der Waals surface area contributed by atoms with Gasteiger partial charge in [-0.3, -0.25) is 9.59 Å². The highest BCUT2D eigenvalue weighted by atomic mass is 32.2. The Hall–Kier alpha value is -2.09. The molecule has 2 heterocycles. The summed E-state index contributed by atoms with van der Waals surface area (Å²) < 4.78 is 29.0. The molecule has 3 rings (SSSR count). The molecule has 124 valence electrons. The third-order valence-electron chi connectivity index (χ3n) is 4.23. The Morgan fingerprint density at radius 2 is 2.09 bits per heavy atom. The van der Waals surface area contributed by atoms with E-state index >= 15 is 0 Å². The van der Waals surface area contributed by atoms with Gasteiger partial charge in [-0.1, -0.05) is 0 Å². The lowest BCUT2D eigenvalue weighted by Crippen LogP contribution is -2.36. The molecule has 8 heteroatoms. The molecule has 7 nitrogen and oxygen atoms in total. The Morgan fingerprint density at radius 1 is 1.35 bits per heavy atom. The van der Waals surface area contributed by atoms with E-state index in [9.17, 15) is 18.0 Å². The molecule has 1 aromatic rings. The van der Waals surface area contributed by atoms with Crippen LogP contribution in [0.3, 0.4) is 0 Å². The highest BCUT2D eigenvalue weighted by Crippen LogP contribution is 2.41. The summed E-state index contributed by atoms with van der Waals surface area (Å²) in [5.41, 5.74) is 1.03. The first kappa shape index (κ1) is 15.8. The summed E-state index contributed by atoms with van der Waals surface area (Å²) in [6.07, 6.45) is 0.220. The predicted molar refractivity (Wildman–Crippen MR) is 85.3 cm³/mol. The van der Waals surface area contributed by atoms with E-state index in [0.717, 1.165) is 0 Å². The van der Waals surface area contributed by atoms with Crippen molar-refractivity contribution in [2.75, 3.05) is 28.8 Å². The zero-order valence-corrected chi connectivity index (χ0v) is 13.7. The van der Waals surface area contributed by atoms with Crippen LogP contribution in [-0.2, 0) is 19.4 Å². The van der Waals surface area contributed by atoms with E-state index in [2.05, 4.69) is 5.32 Å². The maximum Gasteiger partial charge on any atom is 0.227 e. The van der Waals surface area contributed by atoms with Gasteiger partial charge in [-0.25, -0.2) is 8.42 Å². The maximum atomic E-state index is 12.4. The fourth-order valence-corrected chi connectivity index (χ4v) is 5.43. The second kappa shape index (κ2) is 5.52. The summed E-state index contributed by atoms with van der Waals surface area (Å²) in [4.78, 5) is 25.1. The SMILES string of the molecule is COc1ccc(NC(C)=O)cc1N1C(=O)CC2CS(=O)(=O)CC21. The topological polar surface area (TPSA) is 92.8 Å². The van der Waals surface area contributed by atoms with Crippen LogP contribution in [0.5, 0.6) is 5.75 Å². The summed E-state index contributed by atoms with van der Waals surface area (Å²) in [5, 5.41) is 2.66. The van der Waals surface area contributed by atoms with Gasteiger partial charge in [0.2, 0.25) is 11.8 Å². The maximum absolute atomic E-state index is 12.4. The highest BCUT2D eigenvalue weighted by molar-refractivity contribution is 7.91. The lowest BCUT2D eigenvalue weighted by Gasteiger charge is -2.25. The molecule has 2 fully saturated rings. The smallest absolute Gasteiger partial charge is 0.227 e. The van der Waals surface area contributed by atoms with E-state index in [1.807, 2.05) is 0 Å². The first-order chi connectivity index (χ1) is 10.8. The highest BCUT2D eigenvalue weighted by Gasteiger charge is 2.49. The quantitative estimate of drug-likeness (QED) is 0.880. The number of fused-ring (bicyclic) bond motifs is 1. The van der Waals surface area contributed by atoms with Gasteiger partial charge in [0.25, 0.3) is 0 Å². The number of hydrogen-bond acceptors (Lipinski definition) is 5. The van der Waals surface area contributed by atoms with E-state index < -0.39 is 9.84 Å². The minimum atomic E-state index is -3.12. The van der Waals surface area contributed by atoms with Gasteiger partial charge in [0.05, 0.1) is 30.3 Å². The number of carbonyl (C=O) groups is 2. The van der Waals surface area contributed by atoms with Crippen molar-refractivity contribution < 1.29 is 22.7 Å². The molecule has 2 atom stereocenters. The molecule has 2 unspecified atom stereocenters. The molecule has 2 amide bonds. The average molecular weight is 338 g/mol. The Morgan fingerprint density at radius 3 is 2.74 bits per heavy atom. The normalized spacial score (nSPS) is 25.3. The molecule has 1 aromatic carbocycles. The Balaban J connectivity index is 2.02. The number of ether oxygens (including phenoxy) is 1. The molecule has 23 heavy (non-hydrogen) atoms. The summed E-state index contributed by atoms with van der Waals surface area (Å²) in [7, 11) is -1.64. The third-order valence-corrected chi connectivity index (χ3v) is 6.02. The summed E-state index contributed by atoms with van der Waals surface area (Å²) in [6, 6.07) is 4.61. The zero-order valence-electron chi connectivity index (χ0n) is 12.9. The number of carbonyl (C=O) groups excluding carboxylic acids is 2. The van der Waals surface area contributed by atoms with Crippen LogP contribution >= 0.6 is 0 Å². The standard InChI is InChI=1S/C15H18N2O5S/c1-9(18)16-11-3-4-14(22-2)12(6-11)17-13-8-23(20,21)7-10(13)5-15(17)19/h3-4,6,10,13H,5,7-8H2,1-2H3,(H,16,18). The van der Waals surface area contributed by atoms with Gasteiger partial charge in [0, 0.05) is 24.9 Å². The van der Waals surface area contributed by atoms with Crippen molar-refractivity contribution in [2.24, 2.45) is 5.92 Å². The molecule has 2 aliphatic heterocycles. The number of nitrogens with one attached hydrogen (secondary N) is 1. The van der Waals surface area contributed by atoms with Crippen LogP contribution in [0.1, 0.15) is 13.3 Å². The number of sulfone groups is 1. The lowest BCUT2D eigenvalue weighted by atomic mass is 10.0. The lowest BCUT2D eigenvalue weighted by molar-refractivity contribution is -0.117. The van der Waals surface area contributed by atoms with Gasteiger partial charge in [0.1, 0.15) is 5.75 Å². The van der Waals surface area contributed by atoms with Crippen molar-refractivity contribution in [3.05, 3.63) is 18.2 Å². The van der Waals surface area contributed by atoms with Gasteiger partial charge in [-0.2, -0.15) is 0 Å². The first-order valence-electron chi connectivity index (χ1n) is 7.29. The van der Waals surface area contributed by atoms with Crippen molar-refractivity contribution in [3.8, 4) is 5.75 Å². The van der Waals surface area contributed by atoms with Crippen LogP contribution in [-0.4, -0.2) is 44.9 Å². The average Bonchev–Trinajstić information content (AvgIpc) is 2.88. The predicted octanol–water partition coefficient (Wildman–Crippen LogP) is 0.803. The second-order valence-corrected chi connectivity index (χ2v) is 8.09. The molecule has 1 N–H and O–H groups in total. The number of benzene rings is 1. The van der Waals surface area contributed by atoms with E-state index in [1.54, 1.807) is 18.2 Å². The van der Waals surface area contributed by atoms with Crippen LogP contribution in [0.4, 0.5) is 11.4 Å². The molecule has 0 radical (unpaired) electrons. The third kappa shape index (κ3) is 2.90. The van der Waals surface area contributed by atoms with E-state index in [1.165, 1.54) is 18.9 Å². The summed E-state index contributed by atoms with van der Waals surface area (Å²) in [6.45, 7) is 1.39. The summed E-state index contributed by atoms with van der Waals surface area (Å²) in [5.74, 6) is -0.0350. The molecule has 0 aromatic heterocycles. The molecule has 0 aliphatic carbocycles. The molecule has 0 saturated carbocycles. The first-order valence-corrected chi connectivity index (χ1v) is 9.11. The van der Waals surface area contributed by atoms with Crippen molar-refractivity contribution in [1.82, 2.24) is 0 Å². The van der Waals surface area contributed by atoms with Crippen molar-refractivity contribution >= 4 is 33.0 Å². The molecule has 2 saturated heterocycles. The number of anilines is 2. The van der Waals surface area contributed by atoms with Crippen LogP contribution in [0.2, 0.25) is 0 Å². The minimum absolute atomic E-state index is 0.0308. The monoisotopic (exact) mass is 338 g/mol. The minimum Gasteiger partial charge on any atom is -0.495 e. The number of rotatable bonds is 3. The van der Waals surface area contributed by atoms with Crippen LogP contribution in [0, 0.1) is 5.92 Å². The van der Waals surface area contributed by atoms with Crippen molar-refractivity contribution in [2.45, 2.75) is 19.4 Å². The summed E-state index contributed by atoms with van der Waals surface area (Å²) >= 11 is 0. The fraction of sp³-hybridized carbons (Fsp3) is 0.467. The van der Waals surface area contributed by atoms with Crippen LogP contribution < -0.4 is 15.0 Å². The van der Waals surface area contributed by atoms with Gasteiger partial charge in [0.15, 0.2) is 9.84 Å². The van der Waals surface area contributed by atoms with Gasteiger partial charge >= 0.3 is 0 Å². The number of methoxy groups -OCH3 is 1. The zero-order chi connectivity index (χ0) is 16.8. The Labute approximate surface area is 134 Å². The Bertz CT molecular complexity index is 774. The molecule has 2 aliphatic rings. The largest absolute Gasteiger partial charge is 0.495 e. The molecule has 0 spiro atoms. The fourth-order valence-electron chi connectivity index (χ4n) is 3.36. The van der Waals surface area contributed by atoms with E-state index in [-0.39, 0.29) is 41.7 Å². The van der Waals surface area contributed by atoms with E-state index in [0.29, 0.717) is 17.1 Å². The van der Waals surface area contributed by atoms with Crippen LogP contribution in [0.25, 0.3) is 0 Å². The molecular formula is C15H18N2O5S.